The number of hydrogen-bond acceptors (Lipinski definition) is 0. The van der Waals surface area contributed by atoms with Crippen LogP contribution < -0.4 is 0 Å². The molecule has 1 heteroatoms. The van der Waals surface area contributed by atoms with Crippen LogP contribution in [-0.2, 0) is 21.3 Å². The minimum atomic E-state index is -2.74. The molecule has 0 nitrogen and oxygen atoms in total. The Morgan fingerprint density at radius 1 is 0.675 bits per heavy atom. The van der Waals surface area contributed by atoms with E-state index in [1.807, 2.05) is 3.28 Å². The van der Waals surface area contributed by atoms with E-state index in [0.717, 1.165) is 0 Å². The first-order valence-corrected chi connectivity index (χ1v) is 19.0. The molecule has 1 atom stereocenters. The third-order valence-electron chi connectivity index (χ3n) is 8.66. The minimum absolute atomic E-state index is 0.462. The predicted octanol–water partition coefficient (Wildman–Crippen LogP) is 10.3. The maximum absolute atomic E-state index is 2.74. The first-order valence-electron chi connectivity index (χ1n) is 15.1. The molecular formula is C39H40Zr. The number of aryl methyl sites for hydroxylation is 2. The van der Waals surface area contributed by atoms with Crippen molar-refractivity contribution in [2.45, 2.75) is 57.0 Å². The van der Waals surface area contributed by atoms with Crippen molar-refractivity contribution in [3.05, 3.63) is 151 Å². The fraction of sp³-hybridized carbons (Fsp3) is 0.256. The molecule has 0 aliphatic heterocycles. The molecule has 2 aliphatic carbocycles. The van der Waals surface area contributed by atoms with Crippen LogP contribution in [-0.4, -0.2) is 3.21 Å². The summed E-state index contributed by atoms with van der Waals surface area (Å²) in [6.07, 6.45) is 9.93. The Labute approximate surface area is 248 Å². The average Bonchev–Trinajstić information content (AvgIpc) is 3.50. The van der Waals surface area contributed by atoms with Crippen molar-refractivity contribution in [3.8, 4) is 11.1 Å². The van der Waals surface area contributed by atoms with Crippen molar-refractivity contribution in [1.82, 2.24) is 0 Å². The van der Waals surface area contributed by atoms with Crippen LogP contribution in [0, 0.1) is 19.8 Å². The van der Waals surface area contributed by atoms with E-state index in [1.54, 1.807) is 19.9 Å². The summed E-state index contributed by atoms with van der Waals surface area (Å²) in [7, 11) is 0. The Morgan fingerprint density at radius 2 is 1.23 bits per heavy atom. The number of rotatable bonds is 8. The first-order chi connectivity index (χ1) is 19.6. The Morgan fingerprint density at radius 3 is 1.73 bits per heavy atom. The third-order valence-corrected chi connectivity index (χ3v) is 17.5. The molecule has 0 saturated carbocycles. The van der Waals surface area contributed by atoms with Crippen LogP contribution >= 0.6 is 0 Å². The van der Waals surface area contributed by atoms with Gasteiger partial charge in [-0.3, -0.25) is 0 Å². The molecule has 40 heavy (non-hydrogen) atoms. The van der Waals surface area contributed by atoms with Crippen molar-refractivity contribution < 1.29 is 21.3 Å². The molecule has 2 aliphatic rings. The summed E-state index contributed by atoms with van der Waals surface area (Å²) in [6.45, 7) is 9.25. The topological polar surface area (TPSA) is 0 Å². The molecule has 4 aromatic rings. The van der Waals surface area contributed by atoms with Crippen LogP contribution in [0.25, 0.3) is 11.1 Å². The normalized spacial score (nSPS) is 15.8. The number of allylic oxidation sites excluding steroid dienone is 4. The summed E-state index contributed by atoms with van der Waals surface area (Å²) >= 11 is -2.74. The molecule has 0 fully saturated rings. The molecule has 1 unspecified atom stereocenters. The Bertz CT molecular complexity index is 1530. The SMILES string of the molecule is CCCC1=[C]([Zr](=[C](c2ccccc2)c2ccccc2)[CH]2c3cc(C)ccc3-c3ccc(C)cc32)C(CCC)C=C1. The van der Waals surface area contributed by atoms with Gasteiger partial charge in [-0.15, -0.1) is 0 Å². The van der Waals surface area contributed by atoms with Crippen LogP contribution in [0.15, 0.2) is 118 Å². The standard InChI is InChI=1S/C15H13.C13H10.C11H17.Zr/c1-10-3-5-14-12(7-10)9-13-8-11(2)4-6-15(13)14;1-3-7-12(8-4-1)11-13-9-5-2-6-10-13;1-3-5-10-7-8-11(9-10)6-4-2;/h3-9H,1-2H3;1-10H;7-8,10H,3-6H2,1-2H3;. The van der Waals surface area contributed by atoms with Crippen LogP contribution in [0.2, 0.25) is 0 Å². The molecule has 0 heterocycles. The number of hydrogen-bond donors (Lipinski definition) is 0. The molecule has 6 rings (SSSR count). The molecule has 0 radical (unpaired) electrons. The fourth-order valence-corrected chi connectivity index (χ4v) is 17.1. The summed E-state index contributed by atoms with van der Waals surface area (Å²) in [6, 6.07) is 37.3. The van der Waals surface area contributed by atoms with E-state index in [9.17, 15) is 0 Å². The summed E-state index contributed by atoms with van der Waals surface area (Å²) in [5.74, 6) is 0.561. The second kappa shape index (κ2) is 11.9. The van der Waals surface area contributed by atoms with Gasteiger partial charge in [-0.2, -0.15) is 0 Å². The van der Waals surface area contributed by atoms with Crippen LogP contribution in [0.5, 0.6) is 0 Å². The summed E-state index contributed by atoms with van der Waals surface area (Å²) < 4.78 is 3.97. The van der Waals surface area contributed by atoms with Gasteiger partial charge in [0.05, 0.1) is 0 Å². The zero-order valence-corrected chi connectivity index (χ0v) is 26.8. The second-order valence-electron chi connectivity index (χ2n) is 11.6. The quantitative estimate of drug-likeness (QED) is 0.189. The molecular weight excluding hydrogens is 560 g/mol. The zero-order valence-electron chi connectivity index (χ0n) is 24.4. The van der Waals surface area contributed by atoms with Crippen LogP contribution in [0.3, 0.4) is 0 Å². The van der Waals surface area contributed by atoms with E-state index in [-0.39, 0.29) is 0 Å². The van der Waals surface area contributed by atoms with Crippen molar-refractivity contribution in [2.24, 2.45) is 5.92 Å². The first kappa shape index (κ1) is 27.3. The van der Waals surface area contributed by atoms with Gasteiger partial charge in [0.25, 0.3) is 0 Å². The molecule has 0 spiro atoms. The molecule has 4 aromatic carbocycles. The van der Waals surface area contributed by atoms with Crippen molar-refractivity contribution in [1.29, 1.82) is 0 Å². The van der Waals surface area contributed by atoms with Crippen molar-refractivity contribution in [2.75, 3.05) is 0 Å². The predicted molar refractivity (Wildman–Crippen MR) is 169 cm³/mol. The van der Waals surface area contributed by atoms with Gasteiger partial charge >= 0.3 is 250 Å². The van der Waals surface area contributed by atoms with Gasteiger partial charge in [-0.25, -0.2) is 0 Å². The van der Waals surface area contributed by atoms with Crippen LogP contribution in [0.4, 0.5) is 0 Å². The van der Waals surface area contributed by atoms with Crippen molar-refractivity contribution >= 4 is 3.21 Å². The molecule has 200 valence electrons. The van der Waals surface area contributed by atoms with E-state index in [2.05, 4.69) is 137 Å². The fourth-order valence-electron chi connectivity index (χ4n) is 7.00. The van der Waals surface area contributed by atoms with E-state index in [4.69, 9.17) is 0 Å². The summed E-state index contributed by atoms with van der Waals surface area (Å²) in [5.41, 5.74) is 13.3. The van der Waals surface area contributed by atoms with Gasteiger partial charge in [0.15, 0.2) is 0 Å². The second-order valence-corrected chi connectivity index (χ2v) is 17.6. The molecule has 0 bridgehead atoms. The Balaban J connectivity index is 1.78. The maximum atomic E-state index is 2.57. The van der Waals surface area contributed by atoms with Gasteiger partial charge in [0.1, 0.15) is 0 Å². The molecule has 0 amide bonds. The number of fused-ring (bicyclic) bond motifs is 3. The monoisotopic (exact) mass is 598 g/mol. The Hall–Kier alpha value is -2.89. The van der Waals surface area contributed by atoms with E-state index < -0.39 is 21.3 Å². The van der Waals surface area contributed by atoms with Gasteiger partial charge in [0, 0.05) is 0 Å². The summed E-state index contributed by atoms with van der Waals surface area (Å²) in [5, 5.41) is 0. The van der Waals surface area contributed by atoms with Crippen molar-refractivity contribution in [3.63, 3.8) is 0 Å². The van der Waals surface area contributed by atoms with E-state index in [0.29, 0.717) is 9.54 Å². The molecule has 0 N–H and O–H groups in total. The van der Waals surface area contributed by atoms with Crippen LogP contribution in [0.1, 0.15) is 76.5 Å². The molecule has 0 aromatic heterocycles. The van der Waals surface area contributed by atoms with Gasteiger partial charge in [-0.1, -0.05) is 0 Å². The van der Waals surface area contributed by atoms with Gasteiger partial charge in [-0.05, 0) is 0 Å². The molecule has 0 saturated heterocycles. The van der Waals surface area contributed by atoms with Gasteiger partial charge in [0.2, 0.25) is 0 Å². The zero-order chi connectivity index (χ0) is 27.6. The Kier molecular flexibility index (Phi) is 8.13. The van der Waals surface area contributed by atoms with Gasteiger partial charge < -0.3 is 0 Å². The van der Waals surface area contributed by atoms with E-state index in [1.165, 1.54) is 59.1 Å². The number of benzene rings is 4. The summed E-state index contributed by atoms with van der Waals surface area (Å²) in [4.78, 5) is 0. The average molecular weight is 600 g/mol. The third kappa shape index (κ3) is 5.03. The van der Waals surface area contributed by atoms with E-state index >= 15 is 0 Å².